The van der Waals surface area contributed by atoms with Gasteiger partial charge in [-0.3, -0.25) is 4.98 Å². The van der Waals surface area contributed by atoms with Crippen molar-refractivity contribution in [2.75, 3.05) is 6.54 Å². The predicted molar refractivity (Wildman–Crippen MR) is 82.3 cm³/mol. The monoisotopic (exact) mass is 256 g/mol. The summed E-state index contributed by atoms with van der Waals surface area (Å²) in [5.41, 5.74) is 1.35. The standard InChI is InChI=1S/C17H24N2/c1-3-5-10-17(19-11-4-2)16-13-18-12-14-8-6-7-9-15(14)16/h6-9,12-13,17,19H,3-5,10-11H2,1-2H3. The lowest BCUT2D eigenvalue weighted by atomic mass is 9.97. The second-order valence-electron chi connectivity index (χ2n) is 5.10. The summed E-state index contributed by atoms with van der Waals surface area (Å²) in [4.78, 5) is 4.41. The molecule has 0 aliphatic rings. The molecule has 1 heterocycles. The van der Waals surface area contributed by atoms with Crippen LogP contribution in [0.1, 0.15) is 51.1 Å². The SMILES string of the molecule is CCCCC(NCCC)c1cncc2ccccc12. The number of nitrogens with one attached hydrogen (secondary N) is 1. The Labute approximate surface area is 116 Å². The van der Waals surface area contributed by atoms with E-state index in [-0.39, 0.29) is 0 Å². The highest BCUT2D eigenvalue weighted by molar-refractivity contribution is 5.85. The van der Waals surface area contributed by atoms with Gasteiger partial charge < -0.3 is 5.32 Å². The Morgan fingerprint density at radius 1 is 1.11 bits per heavy atom. The molecule has 2 rings (SSSR count). The van der Waals surface area contributed by atoms with Crippen LogP contribution in [-0.2, 0) is 0 Å². The molecule has 2 heteroatoms. The highest BCUT2D eigenvalue weighted by atomic mass is 14.9. The molecule has 0 amide bonds. The van der Waals surface area contributed by atoms with E-state index in [1.165, 1.54) is 42.0 Å². The molecule has 0 fully saturated rings. The Bertz CT molecular complexity index is 494. The summed E-state index contributed by atoms with van der Waals surface area (Å²) in [6, 6.07) is 8.97. The molecule has 1 unspecified atom stereocenters. The zero-order valence-electron chi connectivity index (χ0n) is 12.0. The van der Waals surface area contributed by atoms with Gasteiger partial charge in [0.15, 0.2) is 0 Å². The molecule has 0 saturated heterocycles. The molecular weight excluding hydrogens is 232 g/mol. The smallest absolute Gasteiger partial charge is 0.0346 e. The summed E-state index contributed by atoms with van der Waals surface area (Å²) in [6.07, 6.45) is 8.83. The van der Waals surface area contributed by atoms with Gasteiger partial charge in [-0.2, -0.15) is 0 Å². The number of aromatic nitrogens is 1. The predicted octanol–water partition coefficient (Wildman–Crippen LogP) is 4.47. The van der Waals surface area contributed by atoms with Crippen molar-refractivity contribution in [3.8, 4) is 0 Å². The van der Waals surface area contributed by atoms with E-state index < -0.39 is 0 Å². The molecule has 0 spiro atoms. The number of hydrogen-bond donors (Lipinski definition) is 1. The number of nitrogens with zero attached hydrogens (tertiary/aromatic N) is 1. The van der Waals surface area contributed by atoms with E-state index in [2.05, 4.69) is 48.4 Å². The van der Waals surface area contributed by atoms with Crippen LogP contribution in [0.25, 0.3) is 10.8 Å². The molecule has 19 heavy (non-hydrogen) atoms. The maximum Gasteiger partial charge on any atom is 0.0346 e. The first kappa shape index (κ1) is 14.0. The van der Waals surface area contributed by atoms with Gasteiger partial charge in [0, 0.05) is 23.8 Å². The lowest BCUT2D eigenvalue weighted by Crippen LogP contribution is -2.22. The third-order valence-corrected chi connectivity index (χ3v) is 3.56. The van der Waals surface area contributed by atoms with E-state index in [1.54, 1.807) is 0 Å². The minimum atomic E-state index is 0.429. The van der Waals surface area contributed by atoms with Crippen molar-refractivity contribution in [3.05, 3.63) is 42.2 Å². The molecule has 0 radical (unpaired) electrons. The number of benzene rings is 1. The third kappa shape index (κ3) is 3.54. The first-order valence-corrected chi connectivity index (χ1v) is 7.42. The second kappa shape index (κ2) is 7.25. The third-order valence-electron chi connectivity index (χ3n) is 3.56. The molecule has 102 valence electrons. The van der Waals surface area contributed by atoms with Crippen LogP contribution in [0.5, 0.6) is 0 Å². The minimum Gasteiger partial charge on any atom is -0.310 e. The van der Waals surface area contributed by atoms with Crippen molar-refractivity contribution in [1.29, 1.82) is 0 Å². The van der Waals surface area contributed by atoms with Crippen LogP contribution in [-0.4, -0.2) is 11.5 Å². The quantitative estimate of drug-likeness (QED) is 0.790. The number of fused-ring (bicyclic) bond motifs is 1. The van der Waals surface area contributed by atoms with Crippen LogP contribution >= 0.6 is 0 Å². The normalized spacial score (nSPS) is 12.7. The molecule has 1 atom stereocenters. The Hall–Kier alpha value is -1.41. The second-order valence-corrected chi connectivity index (χ2v) is 5.10. The molecule has 1 aromatic carbocycles. The van der Waals surface area contributed by atoms with Gasteiger partial charge >= 0.3 is 0 Å². The molecular formula is C17H24N2. The van der Waals surface area contributed by atoms with Gasteiger partial charge in [-0.05, 0) is 30.3 Å². The largest absolute Gasteiger partial charge is 0.310 e. The molecule has 2 aromatic rings. The first-order valence-electron chi connectivity index (χ1n) is 7.42. The lowest BCUT2D eigenvalue weighted by molar-refractivity contribution is 0.483. The fraction of sp³-hybridized carbons (Fsp3) is 0.471. The van der Waals surface area contributed by atoms with Gasteiger partial charge in [-0.1, -0.05) is 51.0 Å². The molecule has 1 aromatic heterocycles. The van der Waals surface area contributed by atoms with Gasteiger partial charge in [0.25, 0.3) is 0 Å². The highest BCUT2D eigenvalue weighted by Crippen LogP contribution is 2.26. The summed E-state index contributed by atoms with van der Waals surface area (Å²) < 4.78 is 0. The van der Waals surface area contributed by atoms with Crippen LogP contribution in [0, 0.1) is 0 Å². The van der Waals surface area contributed by atoms with Gasteiger partial charge in [0.1, 0.15) is 0 Å². The fourth-order valence-corrected chi connectivity index (χ4v) is 2.51. The van der Waals surface area contributed by atoms with Crippen molar-refractivity contribution in [3.63, 3.8) is 0 Å². The molecule has 0 bridgehead atoms. The minimum absolute atomic E-state index is 0.429. The number of hydrogen-bond acceptors (Lipinski definition) is 2. The average molecular weight is 256 g/mol. The van der Waals surface area contributed by atoms with Gasteiger partial charge in [-0.25, -0.2) is 0 Å². The molecule has 2 nitrogen and oxygen atoms in total. The topological polar surface area (TPSA) is 24.9 Å². The zero-order valence-corrected chi connectivity index (χ0v) is 12.0. The average Bonchev–Trinajstić information content (AvgIpc) is 2.47. The van der Waals surface area contributed by atoms with Crippen LogP contribution < -0.4 is 5.32 Å². The van der Waals surface area contributed by atoms with Gasteiger partial charge in [0.05, 0.1) is 0 Å². The summed E-state index contributed by atoms with van der Waals surface area (Å²) >= 11 is 0. The lowest BCUT2D eigenvalue weighted by Gasteiger charge is -2.20. The van der Waals surface area contributed by atoms with E-state index in [0.29, 0.717) is 6.04 Å². The summed E-state index contributed by atoms with van der Waals surface area (Å²) in [6.45, 7) is 5.53. The Morgan fingerprint density at radius 2 is 1.95 bits per heavy atom. The van der Waals surface area contributed by atoms with Crippen molar-refractivity contribution >= 4 is 10.8 Å². The molecule has 0 saturated carbocycles. The Morgan fingerprint density at radius 3 is 2.74 bits per heavy atom. The summed E-state index contributed by atoms with van der Waals surface area (Å²) in [7, 11) is 0. The fourth-order valence-electron chi connectivity index (χ4n) is 2.51. The summed E-state index contributed by atoms with van der Waals surface area (Å²) in [5, 5.41) is 6.24. The van der Waals surface area contributed by atoms with E-state index in [1.807, 2.05) is 12.4 Å². The molecule has 0 aliphatic carbocycles. The van der Waals surface area contributed by atoms with E-state index in [0.717, 1.165) is 6.54 Å². The van der Waals surface area contributed by atoms with Crippen LogP contribution in [0.2, 0.25) is 0 Å². The maximum atomic E-state index is 4.41. The Kier molecular flexibility index (Phi) is 5.34. The first-order chi connectivity index (χ1) is 9.36. The number of unbranched alkanes of at least 4 members (excludes halogenated alkanes) is 1. The van der Waals surface area contributed by atoms with Crippen molar-refractivity contribution < 1.29 is 0 Å². The number of rotatable bonds is 7. The van der Waals surface area contributed by atoms with Crippen molar-refractivity contribution in [2.45, 2.75) is 45.6 Å². The van der Waals surface area contributed by atoms with Crippen molar-refractivity contribution in [2.24, 2.45) is 0 Å². The zero-order chi connectivity index (χ0) is 13.5. The number of pyridine rings is 1. The van der Waals surface area contributed by atoms with E-state index >= 15 is 0 Å². The van der Waals surface area contributed by atoms with E-state index in [4.69, 9.17) is 0 Å². The Balaban J connectivity index is 2.31. The molecule has 0 aliphatic heterocycles. The maximum absolute atomic E-state index is 4.41. The van der Waals surface area contributed by atoms with Crippen molar-refractivity contribution in [1.82, 2.24) is 10.3 Å². The van der Waals surface area contributed by atoms with E-state index in [9.17, 15) is 0 Å². The summed E-state index contributed by atoms with van der Waals surface area (Å²) in [5.74, 6) is 0. The van der Waals surface area contributed by atoms with Crippen LogP contribution in [0.15, 0.2) is 36.7 Å². The van der Waals surface area contributed by atoms with Crippen LogP contribution in [0.4, 0.5) is 0 Å². The van der Waals surface area contributed by atoms with Crippen LogP contribution in [0.3, 0.4) is 0 Å². The molecule has 1 N–H and O–H groups in total. The highest BCUT2D eigenvalue weighted by Gasteiger charge is 2.13. The van der Waals surface area contributed by atoms with Gasteiger partial charge in [-0.15, -0.1) is 0 Å². The van der Waals surface area contributed by atoms with Gasteiger partial charge in [0.2, 0.25) is 0 Å².